The van der Waals surface area contributed by atoms with Crippen molar-refractivity contribution in [3.8, 4) is 0 Å². The highest BCUT2D eigenvalue weighted by Gasteiger charge is 2.62. The van der Waals surface area contributed by atoms with Crippen LogP contribution >= 0.6 is 0 Å². The summed E-state index contributed by atoms with van der Waals surface area (Å²) in [6, 6.07) is 29.5. The SMILES string of the molecule is CC(=O)N(C)[C@H]1[C@H]2OC[C@](COCc3ccccc3)(O2)[C@H](OCc2ccccc2)[C@@H]1OCc1ccccc1. The molecule has 38 heavy (non-hydrogen) atoms. The average Bonchev–Trinajstić information content (AvgIpc) is 3.32. The molecule has 2 heterocycles. The van der Waals surface area contributed by atoms with E-state index in [0.717, 1.165) is 16.7 Å². The van der Waals surface area contributed by atoms with Crippen LogP contribution < -0.4 is 0 Å². The Morgan fingerprint density at radius 3 is 1.92 bits per heavy atom. The number of rotatable bonds is 11. The van der Waals surface area contributed by atoms with Crippen LogP contribution in [-0.2, 0) is 48.3 Å². The zero-order chi connectivity index (χ0) is 26.4. The van der Waals surface area contributed by atoms with E-state index in [2.05, 4.69) is 0 Å². The van der Waals surface area contributed by atoms with E-state index in [-0.39, 0.29) is 19.1 Å². The molecule has 7 nitrogen and oxygen atoms in total. The molecule has 5 rings (SSSR count). The van der Waals surface area contributed by atoms with Crippen LogP contribution in [0.2, 0.25) is 0 Å². The lowest BCUT2D eigenvalue weighted by molar-refractivity contribution is -0.275. The van der Waals surface area contributed by atoms with Gasteiger partial charge in [-0.1, -0.05) is 91.0 Å². The molecule has 2 aliphatic rings. The van der Waals surface area contributed by atoms with E-state index in [1.54, 1.807) is 11.9 Å². The fraction of sp³-hybridized carbons (Fsp3) is 0.387. The maximum Gasteiger partial charge on any atom is 0.219 e. The van der Waals surface area contributed by atoms with Crippen LogP contribution in [0, 0.1) is 0 Å². The largest absolute Gasteiger partial charge is 0.374 e. The first-order valence-electron chi connectivity index (χ1n) is 13.0. The van der Waals surface area contributed by atoms with Crippen molar-refractivity contribution in [3.63, 3.8) is 0 Å². The summed E-state index contributed by atoms with van der Waals surface area (Å²) in [7, 11) is 1.75. The second kappa shape index (κ2) is 12.2. The molecule has 200 valence electrons. The zero-order valence-corrected chi connectivity index (χ0v) is 21.9. The molecule has 2 aliphatic heterocycles. The number of nitrogens with zero attached hydrogens (tertiary/aromatic N) is 1. The van der Waals surface area contributed by atoms with Gasteiger partial charge < -0.3 is 28.6 Å². The van der Waals surface area contributed by atoms with E-state index in [1.165, 1.54) is 6.92 Å². The molecule has 0 unspecified atom stereocenters. The summed E-state index contributed by atoms with van der Waals surface area (Å²) >= 11 is 0. The first-order chi connectivity index (χ1) is 18.6. The molecule has 3 aromatic carbocycles. The molecule has 0 spiro atoms. The molecule has 3 aromatic rings. The van der Waals surface area contributed by atoms with E-state index in [4.69, 9.17) is 23.7 Å². The predicted octanol–water partition coefficient (Wildman–Crippen LogP) is 4.35. The third-order valence-corrected chi connectivity index (χ3v) is 7.23. The fourth-order valence-corrected chi connectivity index (χ4v) is 5.12. The van der Waals surface area contributed by atoms with Gasteiger partial charge in [0.1, 0.15) is 23.9 Å². The van der Waals surface area contributed by atoms with Crippen molar-refractivity contribution in [2.75, 3.05) is 20.3 Å². The minimum atomic E-state index is -0.885. The lowest BCUT2D eigenvalue weighted by atomic mass is 9.87. The number of carbonyl (C=O) groups is 1. The predicted molar refractivity (Wildman–Crippen MR) is 142 cm³/mol. The van der Waals surface area contributed by atoms with Crippen molar-refractivity contribution in [3.05, 3.63) is 108 Å². The molecule has 5 atom stereocenters. The van der Waals surface area contributed by atoms with Crippen LogP contribution in [0.25, 0.3) is 0 Å². The summed E-state index contributed by atoms with van der Waals surface area (Å²) in [6.45, 7) is 3.25. The molecule has 1 amide bonds. The normalized spacial score (nSPS) is 26.3. The van der Waals surface area contributed by atoms with Crippen LogP contribution in [0.4, 0.5) is 0 Å². The Hall–Kier alpha value is -3.07. The first kappa shape index (κ1) is 26.5. The van der Waals surface area contributed by atoms with Gasteiger partial charge in [-0.3, -0.25) is 4.79 Å². The average molecular weight is 518 g/mol. The van der Waals surface area contributed by atoms with Gasteiger partial charge in [0, 0.05) is 14.0 Å². The number of hydrogen-bond acceptors (Lipinski definition) is 6. The van der Waals surface area contributed by atoms with Crippen LogP contribution in [0.5, 0.6) is 0 Å². The highest BCUT2D eigenvalue weighted by atomic mass is 16.8. The van der Waals surface area contributed by atoms with Crippen LogP contribution in [0.1, 0.15) is 23.6 Å². The van der Waals surface area contributed by atoms with Crippen LogP contribution in [0.3, 0.4) is 0 Å². The summed E-state index contributed by atoms with van der Waals surface area (Å²) in [5, 5.41) is 0. The standard InChI is InChI=1S/C31H35NO6/c1-23(33)32(2)27-28(35-19-25-14-8-4-9-15-25)29(36-20-26-16-10-5-11-17-26)31(22-37-30(27)38-31)21-34-18-24-12-6-3-7-13-24/h3-17,27-30H,18-22H2,1-2H3/t27-,28-,29-,30+,31+/m1/s1. The number of amides is 1. The molecule has 2 bridgehead atoms. The van der Waals surface area contributed by atoms with Gasteiger partial charge in [0.15, 0.2) is 6.29 Å². The quantitative estimate of drug-likeness (QED) is 0.377. The van der Waals surface area contributed by atoms with Crippen molar-refractivity contribution in [2.45, 2.75) is 56.9 Å². The van der Waals surface area contributed by atoms with E-state index in [9.17, 15) is 4.79 Å². The summed E-state index contributed by atoms with van der Waals surface area (Å²) in [4.78, 5) is 14.2. The lowest BCUT2D eigenvalue weighted by Gasteiger charge is -2.48. The molecule has 0 aliphatic carbocycles. The fourth-order valence-electron chi connectivity index (χ4n) is 5.12. The van der Waals surface area contributed by atoms with Gasteiger partial charge in [-0.15, -0.1) is 0 Å². The minimum absolute atomic E-state index is 0.1000. The number of ether oxygens (including phenoxy) is 5. The van der Waals surface area contributed by atoms with E-state index >= 15 is 0 Å². The van der Waals surface area contributed by atoms with Crippen molar-refractivity contribution in [1.29, 1.82) is 0 Å². The monoisotopic (exact) mass is 517 g/mol. The van der Waals surface area contributed by atoms with Gasteiger partial charge in [-0.05, 0) is 16.7 Å². The highest BCUT2D eigenvalue weighted by molar-refractivity contribution is 5.73. The van der Waals surface area contributed by atoms with Crippen LogP contribution in [0.15, 0.2) is 91.0 Å². The number of carbonyl (C=O) groups excluding carboxylic acids is 1. The molecular weight excluding hydrogens is 482 g/mol. The van der Waals surface area contributed by atoms with Crippen molar-refractivity contribution < 1.29 is 28.5 Å². The Morgan fingerprint density at radius 1 is 0.842 bits per heavy atom. The van der Waals surface area contributed by atoms with E-state index in [0.29, 0.717) is 19.8 Å². The molecule has 2 saturated heterocycles. The maximum absolute atomic E-state index is 12.5. The molecule has 7 heteroatoms. The summed E-state index contributed by atoms with van der Waals surface area (Å²) in [5.41, 5.74) is 2.26. The van der Waals surface area contributed by atoms with Gasteiger partial charge in [-0.25, -0.2) is 0 Å². The molecule has 0 aromatic heterocycles. The second-order valence-corrected chi connectivity index (χ2v) is 9.94. The Morgan fingerprint density at radius 2 is 1.37 bits per heavy atom. The molecular formula is C31H35NO6. The number of likely N-dealkylation sites (N-methyl/N-ethyl adjacent to an activating group) is 1. The zero-order valence-electron chi connectivity index (χ0n) is 21.9. The van der Waals surface area contributed by atoms with E-state index in [1.807, 2.05) is 91.0 Å². The molecule has 0 radical (unpaired) electrons. The maximum atomic E-state index is 12.5. The second-order valence-electron chi connectivity index (χ2n) is 9.94. The van der Waals surface area contributed by atoms with Gasteiger partial charge in [-0.2, -0.15) is 0 Å². The number of fused-ring (bicyclic) bond motifs is 2. The van der Waals surface area contributed by atoms with Gasteiger partial charge in [0.2, 0.25) is 5.91 Å². The van der Waals surface area contributed by atoms with Crippen LogP contribution in [-0.4, -0.2) is 61.2 Å². The van der Waals surface area contributed by atoms with Crippen molar-refractivity contribution >= 4 is 5.91 Å². The molecule has 0 N–H and O–H groups in total. The molecule has 2 fully saturated rings. The molecule has 0 saturated carbocycles. The van der Waals surface area contributed by atoms with E-state index < -0.39 is 30.1 Å². The summed E-state index contributed by atoms with van der Waals surface area (Å²) < 4.78 is 32.1. The van der Waals surface area contributed by atoms with Crippen molar-refractivity contribution in [1.82, 2.24) is 4.90 Å². The summed E-state index contributed by atoms with van der Waals surface area (Å²) in [6.07, 6.45) is -1.70. The van der Waals surface area contributed by atoms with Crippen molar-refractivity contribution in [2.24, 2.45) is 0 Å². The lowest BCUT2D eigenvalue weighted by Crippen LogP contribution is -2.67. The minimum Gasteiger partial charge on any atom is -0.374 e. The number of benzene rings is 3. The Labute approximate surface area is 224 Å². The third-order valence-electron chi connectivity index (χ3n) is 7.23. The summed E-state index contributed by atoms with van der Waals surface area (Å²) in [5.74, 6) is -0.1000. The van der Waals surface area contributed by atoms with Gasteiger partial charge in [0.25, 0.3) is 0 Å². The first-order valence-corrected chi connectivity index (χ1v) is 13.0. The Kier molecular flexibility index (Phi) is 8.51. The smallest absolute Gasteiger partial charge is 0.219 e. The third kappa shape index (κ3) is 5.98. The van der Waals surface area contributed by atoms with Gasteiger partial charge >= 0.3 is 0 Å². The highest BCUT2D eigenvalue weighted by Crippen LogP contribution is 2.42. The topological polar surface area (TPSA) is 66.5 Å². The van der Waals surface area contributed by atoms with Gasteiger partial charge in [0.05, 0.1) is 33.0 Å². The Balaban J connectivity index is 1.43. The number of hydrogen-bond donors (Lipinski definition) is 0. The Bertz CT molecular complexity index is 1160.